The summed E-state index contributed by atoms with van der Waals surface area (Å²) in [5.41, 5.74) is -0.396. The summed E-state index contributed by atoms with van der Waals surface area (Å²) in [5.74, 6) is -0.277. The van der Waals surface area contributed by atoms with E-state index in [-0.39, 0.29) is 18.1 Å². The van der Waals surface area contributed by atoms with Crippen LogP contribution in [0.5, 0.6) is 0 Å². The summed E-state index contributed by atoms with van der Waals surface area (Å²) >= 11 is 5.68. The Kier molecular flexibility index (Phi) is 5.53. The lowest BCUT2D eigenvalue weighted by molar-refractivity contribution is -0.141. The lowest BCUT2D eigenvalue weighted by atomic mass is 10.3. The molecule has 2 rings (SSSR count). The van der Waals surface area contributed by atoms with Gasteiger partial charge in [0.2, 0.25) is 0 Å². The molecule has 0 unspecified atom stereocenters. The van der Waals surface area contributed by atoms with E-state index in [1.54, 1.807) is 10.7 Å². The van der Waals surface area contributed by atoms with Crippen molar-refractivity contribution in [2.75, 3.05) is 6.54 Å². The normalized spacial score (nSPS) is 11.8. The van der Waals surface area contributed by atoms with Crippen molar-refractivity contribution in [1.82, 2.24) is 24.9 Å². The van der Waals surface area contributed by atoms with E-state index < -0.39 is 16.9 Å². The van der Waals surface area contributed by atoms with Crippen LogP contribution in [0.3, 0.4) is 0 Å². The summed E-state index contributed by atoms with van der Waals surface area (Å²) in [6.45, 7) is 4.43. The number of carbonyl (C=O) groups is 1. The van der Waals surface area contributed by atoms with Crippen molar-refractivity contribution < 1.29 is 18.0 Å². The maximum absolute atomic E-state index is 12.7. The fourth-order valence-electron chi connectivity index (χ4n) is 2.22. The van der Waals surface area contributed by atoms with Gasteiger partial charge >= 0.3 is 6.18 Å². The van der Waals surface area contributed by atoms with Crippen LogP contribution in [-0.4, -0.2) is 32.0 Å². The van der Waals surface area contributed by atoms with E-state index in [0.717, 1.165) is 0 Å². The van der Waals surface area contributed by atoms with Crippen LogP contribution in [0.1, 0.15) is 35.2 Å². The number of nitrogens with one attached hydrogen (secondary N) is 1. The van der Waals surface area contributed by atoms with Crippen LogP contribution in [0.15, 0.2) is 12.3 Å². The number of aryl methyl sites for hydroxylation is 2. The number of halogens is 4. The van der Waals surface area contributed by atoms with Crippen LogP contribution in [0.2, 0.25) is 5.02 Å². The molecule has 0 aliphatic heterocycles. The van der Waals surface area contributed by atoms with E-state index in [0.29, 0.717) is 25.2 Å². The van der Waals surface area contributed by atoms with Gasteiger partial charge in [0.15, 0.2) is 5.69 Å². The molecule has 0 saturated heterocycles. The van der Waals surface area contributed by atoms with Gasteiger partial charge in [-0.2, -0.15) is 23.4 Å². The Morgan fingerprint density at radius 3 is 2.67 bits per heavy atom. The first-order valence-corrected chi connectivity index (χ1v) is 7.73. The minimum atomic E-state index is -4.58. The second-order valence-electron chi connectivity index (χ2n) is 5.11. The summed E-state index contributed by atoms with van der Waals surface area (Å²) in [6.07, 6.45) is -2.63. The summed E-state index contributed by atoms with van der Waals surface area (Å²) in [6, 6.07) is 1.60. The third-order valence-electron chi connectivity index (χ3n) is 3.48. The Labute approximate surface area is 141 Å². The second-order valence-corrected chi connectivity index (χ2v) is 5.49. The zero-order valence-electron chi connectivity index (χ0n) is 13.2. The molecule has 2 aromatic rings. The molecule has 2 aromatic heterocycles. The van der Waals surface area contributed by atoms with E-state index in [2.05, 4.69) is 15.5 Å². The van der Waals surface area contributed by atoms with Crippen LogP contribution in [0, 0.1) is 6.92 Å². The van der Waals surface area contributed by atoms with Crippen molar-refractivity contribution in [2.24, 2.45) is 0 Å². The fourth-order valence-corrected chi connectivity index (χ4v) is 2.46. The number of aromatic nitrogens is 4. The average molecular weight is 364 g/mol. The third-order valence-corrected chi connectivity index (χ3v) is 3.94. The fraction of sp³-hybridized carbons (Fsp3) is 0.500. The van der Waals surface area contributed by atoms with Crippen LogP contribution in [0.4, 0.5) is 13.2 Å². The molecule has 0 saturated carbocycles. The number of nitrogens with zero attached hydrogens (tertiary/aromatic N) is 4. The molecule has 0 aliphatic rings. The highest BCUT2D eigenvalue weighted by molar-refractivity contribution is 6.31. The number of hydrogen-bond donors (Lipinski definition) is 1. The zero-order valence-corrected chi connectivity index (χ0v) is 13.9. The van der Waals surface area contributed by atoms with Crippen molar-refractivity contribution in [1.29, 1.82) is 0 Å². The molecular formula is C14H17ClF3N5O. The Morgan fingerprint density at radius 1 is 1.38 bits per heavy atom. The van der Waals surface area contributed by atoms with Crippen LogP contribution < -0.4 is 5.32 Å². The molecule has 0 aliphatic carbocycles. The van der Waals surface area contributed by atoms with E-state index in [4.69, 9.17) is 11.6 Å². The van der Waals surface area contributed by atoms with Gasteiger partial charge < -0.3 is 5.32 Å². The zero-order chi connectivity index (χ0) is 17.9. The van der Waals surface area contributed by atoms with Gasteiger partial charge in [0.05, 0.1) is 10.7 Å². The lowest BCUT2D eigenvalue weighted by Crippen LogP contribution is -2.27. The van der Waals surface area contributed by atoms with Crippen LogP contribution in [-0.2, 0) is 19.3 Å². The minimum Gasteiger partial charge on any atom is -0.351 e. The molecule has 0 spiro atoms. The van der Waals surface area contributed by atoms with Crippen molar-refractivity contribution in [3.05, 3.63) is 34.4 Å². The lowest BCUT2D eigenvalue weighted by Gasteiger charge is -2.08. The van der Waals surface area contributed by atoms with Gasteiger partial charge in [0, 0.05) is 25.8 Å². The van der Waals surface area contributed by atoms with Crippen LogP contribution in [0.25, 0.3) is 0 Å². The molecule has 132 valence electrons. The predicted octanol–water partition coefficient (Wildman–Crippen LogP) is 2.90. The first-order chi connectivity index (χ1) is 11.3. The summed E-state index contributed by atoms with van der Waals surface area (Å²) in [4.78, 5) is 12.0. The molecule has 10 heteroatoms. The van der Waals surface area contributed by atoms with E-state index in [1.807, 2.05) is 6.92 Å². The molecular weight excluding hydrogens is 347 g/mol. The van der Waals surface area contributed by atoms with Crippen LogP contribution >= 0.6 is 11.6 Å². The Bertz CT molecular complexity index is 723. The molecule has 1 N–H and O–H groups in total. The summed E-state index contributed by atoms with van der Waals surface area (Å²) in [7, 11) is 0. The molecule has 1 amide bonds. The number of rotatable bonds is 6. The highest BCUT2D eigenvalue weighted by Crippen LogP contribution is 2.35. The molecule has 0 aromatic carbocycles. The largest absolute Gasteiger partial charge is 0.436 e. The third kappa shape index (κ3) is 3.89. The molecule has 0 fully saturated rings. The van der Waals surface area contributed by atoms with Gasteiger partial charge in [0.1, 0.15) is 5.69 Å². The number of carbonyl (C=O) groups excluding carboxylic acids is 1. The van der Waals surface area contributed by atoms with E-state index in [1.165, 1.54) is 17.8 Å². The van der Waals surface area contributed by atoms with Crippen molar-refractivity contribution >= 4 is 17.5 Å². The Balaban J connectivity index is 1.90. The van der Waals surface area contributed by atoms with Crippen molar-refractivity contribution in [3.63, 3.8) is 0 Å². The maximum atomic E-state index is 12.7. The molecule has 2 heterocycles. The standard InChI is InChI=1S/C14H17ClF3N5O/c1-3-22-10(5-7-20-22)13(24)19-6-4-8-23-9(2)11(15)12(21-23)14(16,17)18/h5,7H,3-4,6,8H2,1-2H3,(H,19,24). The Hall–Kier alpha value is -2.03. The van der Waals surface area contributed by atoms with Gasteiger partial charge in [-0.05, 0) is 26.3 Å². The molecule has 6 nitrogen and oxygen atoms in total. The van der Waals surface area contributed by atoms with Crippen molar-refractivity contribution in [2.45, 2.75) is 39.5 Å². The average Bonchev–Trinajstić information content (AvgIpc) is 3.10. The number of alkyl halides is 3. The minimum absolute atomic E-state index is 0.217. The molecule has 0 bridgehead atoms. The van der Waals surface area contributed by atoms with Gasteiger partial charge in [-0.1, -0.05) is 11.6 Å². The predicted molar refractivity (Wildman–Crippen MR) is 81.8 cm³/mol. The molecule has 0 atom stereocenters. The van der Waals surface area contributed by atoms with Gasteiger partial charge in [-0.3, -0.25) is 14.2 Å². The topological polar surface area (TPSA) is 64.7 Å². The van der Waals surface area contributed by atoms with E-state index in [9.17, 15) is 18.0 Å². The van der Waals surface area contributed by atoms with Gasteiger partial charge in [-0.25, -0.2) is 0 Å². The molecule has 24 heavy (non-hydrogen) atoms. The van der Waals surface area contributed by atoms with Gasteiger partial charge in [0.25, 0.3) is 5.91 Å². The SMILES string of the molecule is CCn1nccc1C(=O)NCCCn1nc(C(F)(F)F)c(Cl)c1C. The van der Waals surface area contributed by atoms with Gasteiger partial charge in [-0.15, -0.1) is 0 Å². The first kappa shape index (κ1) is 18.3. The highest BCUT2D eigenvalue weighted by atomic mass is 35.5. The van der Waals surface area contributed by atoms with Crippen molar-refractivity contribution in [3.8, 4) is 0 Å². The smallest absolute Gasteiger partial charge is 0.351 e. The highest BCUT2D eigenvalue weighted by Gasteiger charge is 2.38. The number of amides is 1. The second kappa shape index (κ2) is 7.25. The summed E-state index contributed by atoms with van der Waals surface area (Å²) < 4.78 is 41.0. The summed E-state index contributed by atoms with van der Waals surface area (Å²) in [5, 5.41) is 9.82. The quantitative estimate of drug-likeness (QED) is 0.803. The van der Waals surface area contributed by atoms with E-state index >= 15 is 0 Å². The first-order valence-electron chi connectivity index (χ1n) is 7.35. The monoisotopic (exact) mass is 363 g/mol. The number of hydrogen-bond acceptors (Lipinski definition) is 3. The Morgan fingerprint density at radius 2 is 2.08 bits per heavy atom. The maximum Gasteiger partial charge on any atom is 0.436 e. The molecule has 0 radical (unpaired) electrons.